The maximum Gasteiger partial charge on any atom is 0.407 e. The molecule has 2 atom stereocenters. The first-order valence-corrected chi connectivity index (χ1v) is 11.9. The SMILES string of the molecule is N[C@@H](Cc1ccccc1)C(=O)N[C@@H](Cc1ccccc1)C(=O)NCCNC(=O)OCc1ccccc1. The quantitative estimate of drug-likeness (QED) is 0.292. The minimum atomic E-state index is -0.813. The summed E-state index contributed by atoms with van der Waals surface area (Å²) in [5, 5.41) is 8.15. The van der Waals surface area contributed by atoms with Crippen LogP contribution in [-0.2, 0) is 33.8 Å². The van der Waals surface area contributed by atoms with Crippen molar-refractivity contribution < 1.29 is 19.1 Å². The predicted molar refractivity (Wildman–Crippen MR) is 138 cm³/mol. The molecule has 0 aromatic heterocycles. The van der Waals surface area contributed by atoms with Crippen LogP contribution in [0.4, 0.5) is 4.79 Å². The van der Waals surface area contributed by atoms with Crippen molar-refractivity contribution in [3.05, 3.63) is 108 Å². The van der Waals surface area contributed by atoms with Gasteiger partial charge in [0.2, 0.25) is 11.8 Å². The van der Waals surface area contributed by atoms with Gasteiger partial charge in [0.15, 0.2) is 0 Å². The van der Waals surface area contributed by atoms with Gasteiger partial charge in [-0.05, 0) is 23.1 Å². The zero-order chi connectivity index (χ0) is 25.6. The maximum absolute atomic E-state index is 12.9. The molecule has 8 nitrogen and oxygen atoms in total. The van der Waals surface area contributed by atoms with E-state index in [-0.39, 0.29) is 25.6 Å². The Balaban J connectivity index is 1.48. The summed E-state index contributed by atoms with van der Waals surface area (Å²) in [4.78, 5) is 37.6. The Labute approximate surface area is 211 Å². The lowest BCUT2D eigenvalue weighted by Gasteiger charge is -2.21. The molecular formula is C28H32N4O4. The monoisotopic (exact) mass is 488 g/mol. The molecule has 3 aromatic carbocycles. The summed E-state index contributed by atoms with van der Waals surface area (Å²) in [5.41, 5.74) is 8.83. The Morgan fingerprint density at radius 1 is 0.667 bits per heavy atom. The van der Waals surface area contributed by atoms with Crippen LogP contribution in [0.2, 0.25) is 0 Å². The van der Waals surface area contributed by atoms with E-state index in [0.717, 1.165) is 16.7 Å². The van der Waals surface area contributed by atoms with Gasteiger partial charge in [0.1, 0.15) is 12.6 Å². The Morgan fingerprint density at radius 3 is 1.75 bits per heavy atom. The first kappa shape index (κ1) is 26.4. The molecule has 5 N–H and O–H groups in total. The van der Waals surface area contributed by atoms with Gasteiger partial charge in [-0.2, -0.15) is 0 Å². The Morgan fingerprint density at radius 2 is 1.17 bits per heavy atom. The molecule has 0 saturated heterocycles. The lowest BCUT2D eigenvalue weighted by Crippen LogP contribution is -2.53. The number of nitrogens with one attached hydrogen (secondary N) is 3. The van der Waals surface area contributed by atoms with Crippen LogP contribution in [-0.4, -0.2) is 43.1 Å². The van der Waals surface area contributed by atoms with Gasteiger partial charge in [0.05, 0.1) is 6.04 Å². The molecule has 0 unspecified atom stereocenters. The van der Waals surface area contributed by atoms with Crippen LogP contribution in [0.5, 0.6) is 0 Å². The highest BCUT2D eigenvalue weighted by molar-refractivity contribution is 5.90. The van der Waals surface area contributed by atoms with Crippen molar-refractivity contribution in [1.29, 1.82) is 0 Å². The van der Waals surface area contributed by atoms with Gasteiger partial charge in [0.25, 0.3) is 0 Å². The largest absolute Gasteiger partial charge is 0.445 e. The minimum absolute atomic E-state index is 0.160. The predicted octanol–water partition coefficient (Wildman–Crippen LogP) is 2.33. The molecule has 0 fully saturated rings. The Bertz CT molecular complexity index is 1090. The number of nitrogens with two attached hydrogens (primary N) is 1. The van der Waals surface area contributed by atoms with Crippen molar-refractivity contribution in [2.75, 3.05) is 13.1 Å². The van der Waals surface area contributed by atoms with E-state index in [1.165, 1.54) is 0 Å². The molecule has 0 aliphatic heterocycles. The van der Waals surface area contributed by atoms with Crippen molar-refractivity contribution in [3.63, 3.8) is 0 Å². The first-order chi connectivity index (χ1) is 17.5. The van der Waals surface area contributed by atoms with Crippen LogP contribution in [0.25, 0.3) is 0 Å². The number of benzene rings is 3. The van der Waals surface area contributed by atoms with Gasteiger partial charge in [-0.3, -0.25) is 9.59 Å². The molecule has 0 saturated carbocycles. The lowest BCUT2D eigenvalue weighted by molar-refractivity contribution is -0.129. The van der Waals surface area contributed by atoms with Crippen LogP contribution in [0.1, 0.15) is 16.7 Å². The van der Waals surface area contributed by atoms with Crippen molar-refractivity contribution in [1.82, 2.24) is 16.0 Å². The third-order valence-electron chi connectivity index (χ3n) is 5.46. The molecule has 36 heavy (non-hydrogen) atoms. The average molecular weight is 489 g/mol. The second-order valence-electron chi connectivity index (χ2n) is 8.33. The van der Waals surface area contributed by atoms with Crippen LogP contribution in [0.15, 0.2) is 91.0 Å². The van der Waals surface area contributed by atoms with Gasteiger partial charge in [0, 0.05) is 19.5 Å². The molecule has 0 spiro atoms. The van der Waals surface area contributed by atoms with Gasteiger partial charge in [-0.25, -0.2) is 4.79 Å². The zero-order valence-corrected chi connectivity index (χ0v) is 20.1. The highest BCUT2D eigenvalue weighted by Gasteiger charge is 2.24. The second kappa shape index (κ2) is 14.3. The van der Waals surface area contributed by atoms with E-state index in [1.54, 1.807) is 0 Å². The smallest absolute Gasteiger partial charge is 0.407 e. The number of hydrogen-bond donors (Lipinski definition) is 4. The van der Waals surface area contributed by atoms with Gasteiger partial charge in [-0.15, -0.1) is 0 Å². The maximum atomic E-state index is 12.9. The average Bonchev–Trinajstić information content (AvgIpc) is 2.91. The number of hydrogen-bond acceptors (Lipinski definition) is 5. The standard InChI is InChI=1S/C28H32N4O4/c29-24(18-21-10-4-1-5-11-21)26(33)32-25(19-22-12-6-2-7-13-22)27(34)30-16-17-31-28(35)36-20-23-14-8-3-9-15-23/h1-15,24-25H,16-20,29H2,(H,30,34)(H,31,35)(H,32,33)/t24-,25-/m0/s1. The van der Waals surface area contributed by atoms with Crippen molar-refractivity contribution in [2.24, 2.45) is 5.73 Å². The van der Waals surface area contributed by atoms with Crippen LogP contribution in [0.3, 0.4) is 0 Å². The molecular weight excluding hydrogens is 456 g/mol. The van der Waals surface area contributed by atoms with E-state index in [0.29, 0.717) is 12.8 Å². The second-order valence-corrected chi connectivity index (χ2v) is 8.33. The van der Waals surface area contributed by atoms with E-state index >= 15 is 0 Å². The molecule has 8 heteroatoms. The fourth-order valence-electron chi connectivity index (χ4n) is 3.55. The molecule has 0 aliphatic carbocycles. The highest BCUT2D eigenvalue weighted by Crippen LogP contribution is 2.06. The number of amides is 3. The third kappa shape index (κ3) is 9.23. The molecule has 0 radical (unpaired) electrons. The molecule has 3 amide bonds. The number of ether oxygens (including phenoxy) is 1. The lowest BCUT2D eigenvalue weighted by atomic mass is 10.0. The molecule has 3 rings (SSSR count). The third-order valence-corrected chi connectivity index (χ3v) is 5.46. The summed E-state index contributed by atoms with van der Waals surface area (Å²) in [6, 6.07) is 26.6. The number of rotatable bonds is 12. The summed E-state index contributed by atoms with van der Waals surface area (Å²) < 4.78 is 5.16. The molecule has 0 heterocycles. The van der Waals surface area contributed by atoms with Crippen molar-refractivity contribution in [3.8, 4) is 0 Å². The van der Waals surface area contributed by atoms with E-state index in [9.17, 15) is 14.4 Å². The molecule has 188 valence electrons. The van der Waals surface area contributed by atoms with E-state index in [1.807, 2.05) is 91.0 Å². The fourth-order valence-corrected chi connectivity index (χ4v) is 3.55. The van der Waals surface area contributed by atoms with Gasteiger partial charge in [-0.1, -0.05) is 91.0 Å². The van der Waals surface area contributed by atoms with Crippen molar-refractivity contribution >= 4 is 17.9 Å². The van der Waals surface area contributed by atoms with Crippen LogP contribution in [0, 0.1) is 0 Å². The summed E-state index contributed by atoms with van der Waals surface area (Å²) in [5.74, 6) is -0.767. The molecule has 0 bridgehead atoms. The normalized spacial score (nSPS) is 12.1. The van der Waals surface area contributed by atoms with Gasteiger partial charge >= 0.3 is 6.09 Å². The zero-order valence-electron chi connectivity index (χ0n) is 20.1. The molecule has 0 aliphatic rings. The van der Waals surface area contributed by atoms with E-state index < -0.39 is 24.1 Å². The Hall–Kier alpha value is -4.17. The Kier molecular flexibility index (Phi) is 10.5. The number of alkyl carbamates (subject to hydrolysis) is 1. The molecule has 3 aromatic rings. The fraction of sp³-hybridized carbons (Fsp3) is 0.250. The van der Waals surface area contributed by atoms with Crippen molar-refractivity contribution in [2.45, 2.75) is 31.5 Å². The summed E-state index contributed by atoms with van der Waals surface area (Å²) >= 11 is 0. The minimum Gasteiger partial charge on any atom is -0.445 e. The van der Waals surface area contributed by atoms with Crippen LogP contribution < -0.4 is 21.7 Å². The number of carbonyl (C=O) groups excluding carboxylic acids is 3. The van der Waals surface area contributed by atoms with E-state index in [2.05, 4.69) is 16.0 Å². The highest BCUT2D eigenvalue weighted by atomic mass is 16.5. The van der Waals surface area contributed by atoms with Crippen LogP contribution >= 0.6 is 0 Å². The first-order valence-electron chi connectivity index (χ1n) is 11.9. The van der Waals surface area contributed by atoms with Gasteiger partial charge < -0.3 is 26.4 Å². The summed E-state index contributed by atoms with van der Waals surface area (Å²) in [7, 11) is 0. The summed E-state index contributed by atoms with van der Waals surface area (Å²) in [6.07, 6.45) is 0.0961. The number of carbonyl (C=O) groups is 3. The topological polar surface area (TPSA) is 123 Å². The van der Waals surface area contributed by atoms with E-state index in [4.69, 9.17) is 10.5 Å². The summed E-state index contributed by atoms with van der Waals surface area (Å²) in [6.45, 7) is 0.517.